The zero-order valence-corrected chi connectivity index (χ0v) is 62.5. The molecule has 522 valence electrons. The molecule has 0 aliphatic heterocycles. The summed E-state index contributed by atoms with van der Waals surface area (Å²) in [5.74, 6) is 7.34. The fourth-order valence-corrected chi connectivity index (χ4v) is 19.9. The second kappa shape index (κ2) is 32.7. The summed E-state index contributed by atoms with van der Waals surface area (Å²) in [7, 11) is 0. The molecule has 6 aromatic rings. The summed E-state index contributed by atoms with van der Waals surface area (Å²) in [5.41, 5.74) is 33.5. The molecule has 0 amide bonds. The van der Waals surface area contributed by atoms with Gasteiger partial charge in [0, 0.05) is 17.8 Å². The van der Waals surface area contributed by atoms with E-state index in [0.717, 1.165) is 86.4 Å². The molecule has 4 saturated carbocycles. The minimum absolute atomic E-state index is 0.392. The molecule has 102 heavy (non-hydrogen) atoms. The van der Waals surface area contributed by atoms with E-state index in [1.165, 1.54) is 227 Å². The van der Waals surface area contributed by atoms with Gasteiger partial charge in [-0.25, -0.2) is 0 Å². The molecule has 11 aliphatic carbocycles. The van der Waals surface area contributed by atoms with Gasteiger partial charge in [-0.15, -0.1) is 0 Å². The molecule has 0 radical (unpaired) electrons. The van der Waals surface area contributed by atoms with E-state index < -0.39 is 0 Å². The highest BCUT2D eigenvalue weighted by atomic mass is 14.4. The predicted octanol–water partition coefficient (Wildman–Crippen LogP) is 27.2. The van der Waals surface area contributed by atoms with Gasteiger partial charge >= 0.3 is 0 Å². The summed E-state index contributed by atoms with van der Waals surface area (Å²) >= 11 is 0. The summed E-state index contributed by atoms with van der Waals surface area (Å²) in [6.45, 7) is 11.5. The minimum Gasteiger partial charge on any atom is -0.0795 e. The smallest absolute Gasteiger partial charge is 0.0281 e. The Bertz CT molecular complexity index is 4350. The van der Waals surface area contributed by atoms with Gasteiger partial charge < -0.3 is 0 Å². The zero-order chi connectivity index (χ0) is 69.3. The zero-order valence-electron chi connectivity index (χ0n) is 62.5. The second-order valence-corrected chi connectivity index (χ2v) is 32.6. The Labute approximate surface area is 615 Å². The Morgan fingerprint density at radius 3 is 1.27 bits per heavy atom. The maximum absolute atomic E-state index is 2.44. The average molecular weight is 1340 g/mol. The Hall–Kier alpha value is -8.06. The molecule has 0 heterocycles. The average Bonchev–Trinajstić information content (AvgIpc) is 1.53. The van der Waals surface area contributed by atoms with Crippen LogP contribution in [-0.2, 0) is 44.9 Å². The van der Waals surface area contributed by atoms with E-state index in [1.807, 2.05) is 0 Å². The summed E-state index contributed by atoms with van der Waals surface area (Å²) in [6.07, 6.45) is 72.7. The van der Waals surface area contributed by atoms with Crippen molar-refractivity contribution in [1.29, 1.82) is 0 Å². The largest absolute Gasteiger partial charge is 0.0795 e. The molecule has 3 atom stereocenters. The lowest BCUT2D eigenvalue weighted by Gasteiger charge is -2.36. The first kappa shape index (κ1) is 69.6. The number of fused-ring (bicyclic) bond motifs is 4. The third kappa shape index (κ3) is 15.9. The van der Waals surface area contributed by atoms with Crippen molar-refractivity contribution in [2.75, 3.05) is 0 Å². The van der Waals surface area contributed by atoms with E-state index in [4.69, 9.17) is 0 Å². The van der Waals surface area contributed by atoms with Crippen molar-refractivity contribution in [3.8, 4) is 0 Å². The van der Waals surface area contributed by atoms with Gasteiger partial charge in [0.1, 0.15) is 0 Å². The minimum atomic E-state index is 0.392. The first-order chi connectivity index (χ1) is 50.2. The Balaban J connectivity index is 0.000000124. The van der Waals surface area contributed by atoms with Crippen LogP contribution in [-0.4, -0.2) is 0 Å². The first-order valence-corrected chi connectivity index (χ1v) is 40.9. The third-order valence-electron chi connectivity index (χ3n) is 26.3. The number of benzene rings is 6. The lowest BCUT2D eigenvalue weighted by atomic mass is 9.70. The van der Waals surface area contributed by atoms with E-state index >= 15 is 0 Å². The molecule has 0 N–H and O–H groups in total. The van der Waals surface area contributed by atoms with Gasteiger partial charge in [-0.2, -0.15) is 0 Å². The molecule has 0 saturated heterocycles. The fourth-order valence-electron chi connectivity index (χ4n) is 19.9. The number of allylic oxidation sites excluding steroid dienone is 25. The highest BCUT2D eigenvalue weighted by Gasteiger charge is 2.33. The van der Waals surface area contributed by atoms with Crippen molar-refractivity contribution in [2.24, 2.45) is 41.4 Å². The maximum atomic E-state index is 2.44. The van der Waals surface area contributed by atoms with Gasteiger partial charge in [0.05, 0.1) is 0 Å². The highest BCUT2D eigenvalue weighted by Crippen LogP contribution is 2.48. The van der Waals surface area contributed by atoms with Gasteiger partial charge in [-0.1, -0.05) is 323 Å². The molecule has 0 spiro atoms. The molecule has 3 unspecified atom stereocenters. The van der Waals surface area contributed by atoms with E-state index in [2.05, 4.69) is 271 Å². The van der Waals surface area contributed by atoms with Crippen molar-refractivity contribution in [3.05, 3.63) is 342 Å². The summed E-state index contributed by atoms with van der Waals surface area (Å²) < 4.78 is 0. The van der Waals surface area contributed by atoms with Gasteiger partial charge in [0.25, 0.3) is 0 Å². The first-order valence-electron chi connectivity index (χ1n) is 40.9. The van der Waals surface area contributed by atoms with Gasteiger partial charge in [-0.3, -0.25) is 0 Å². The normalized spacial score (nSPS) is 24.1. The predicted molar refractivity (Wildman–Crippen MR) is 438 cm³/mol. The standard InChI is InChI=1S/C36H42.C34H36.C32H36/c1-2-26-11-17-32(18-12-26)35-24-23-33(34-9-6-10-36(34)35)25-27-13-15-29(16-14-27)31-21-19-30(20-22-31)28-7-4-3-5-8-28;1-23(2)25-13-15-28(16-14-25)27-11-9-24(10-12-27)21-30-19-20-33(34-8-4-7-32(30)34)31-18-17-26-5-3-6-29(26)22-31;1-3-23-15-19-30(25(4-2)21-23)32-20-18-28(29-11-8-12-31(29)32)22-24-13-16-27(17-14-24)26-9-6-5-7-10-26/h6,9-18,23-24,28,30-31,36H,2-5,7-8,19-22,25H2,1H3;3-5,7-12,17-20,22-23,25,28,34H,6,13-16,21H2,1-2H3;8,11-21,26,31H,3-7,9-10,22H2,1-2H3. The van der Waals surface area contributed by atoms with Gasteiger partial charge in [0.2, 0.25) is 0 Å². The van der Waals surface area contributed by atoms with Crippen LogP contribution in [0.2, 0.25) is 0 Å². The van der Waals surface area contributed by atoms with Crippen molar-refractivity contribution < 1.29 is 0 Å². The fraction of sp³-hybridized carbons (Fsp3) is 0.392. The molecule has 6 aromatic carbocycles. The van der Waals surface area contributed by atoms with E-state index in [9.17, 15) is 0 Å². The van der Waals surface area contributed by atoms with E-state index in [-0.39, 0.29) is 0 Å². The molecule has 17 rings (SSSR count). The van der Waals surface area contributed by atoms with Crippen LogP contribution in [0.4, 0.5) is 0 Å². The molecule has 0 aromatic heterocycles. The lowest BCUT2D eigenvalue weighted by Crippen LogP contribution is -2.23. The van der Waals surface area contributed by atoms with Crippen LogP contribution in [0.25, 0.3) is 22.8 Å². The SMILES string of the molecule is CC(C)C1CCC(c2ccc(CC3=CC=C(c4ccc5c(c4)CC=C5)C4C=CC=C34)cc2)CC1.CCc1ccc(C2=CC=C(Cc3ccc(C4CCC(C5CCCCC5)CC4)cc3)C3=CC=CC32)cc1.CCc1ccc(C2=CC=C(Cc3ccc(C4CCCCC4)cc3)C3=CC=CC32)c(CC)c1. The summed E-state index contributed by atoms with van der Waals surface area (Å²) in [4.78, 5) is 0. The van der Waals surface area contributed by atoms with Crippen molar-refractivity contribution in [3.63, 3.8) is 0 Å². The van der Waals surface area contributed by atoms with Crippen LogP contribution >= 0.6 is 0 Å². The van der Waals surface area contributed by atoms with Crippen LogP contribution in [0.15, 0.2) is 264 Å². The number of aryl methyl sites for hydroxylation is 3. The third-order valence-corrected chi connectivity index (χ3v) is 26.3. The molecule has 4 fully saturated rings. The Morgan fingerprint density at radius 2 is 0.775 bits per heavy atom. The van der Waals surface area contributed by atoms with Crippen molar-refractivity contribution >= 4 is 22.8 Å². The second-order valence-electron chi connectivity index (χ2n) is 32.6. The molecule has 0 bridgehead atoms. The maximum Gasteiger partial charge on any atom is 0.0281 e. The Kier molecular flexibility index (Phi) is 22.3. The monoisotopic (exact) mass is 1340 g/mol. The number of rotatable bonds is 17. The van der Waals surface area contributed by atoms with Crippen LogP contribution in [0.1, 0.15) is 246 Å². The van der Waals surface area contributed by atoms with Crippen LogP contribution < -0.4 is 0 Å². The lowest BCUT2D eigenvalue weighted by molar-refractivity contribution is 0.186. The summed E-state index contributed by atoms with van der Waals surface area (Å²) in [6, 6.07) is 52.1. The van der Waals surface area contributed by atoms with Crippen molar-refractivity contribution in [2.45, 2.75) is 213 Å². The van der Waals surface area contributed by atoms with Crippen LogP contribution in [0.3, 0.4) is 0 Å². The van der Waals surface area contributed by atoms with Gasteiger partial charge in [-0.05, 0) is 279 Å². The Morgan fingerprint density at radius 1 is 0.343 bits per heavy atom. The summed E-state index contributed by atoms with van der Waals surface area (Å²) in [5, 5.41) is 0. The molecular formula is C102H114. The van der Waals surface area contributed by atoms with Crippen LogP contribution in [0, 0.1) is 41.4 Å². The van der Waals surface area contributed by atoms with E-state index in [1.54, 1.807) is 16.7 Å². The molecule has 11 aliphatic rings. The topological polar surface area (TPSA) is 0 Å². The van der Waals surface area contributed by atoms with E-state index in [0.29, 0.717) is 17.8 Å². The molecular weight excluding hydrogens is 1230 g/mol. The molecule has 0 nitrogen and oxygen atoms in total. The quantitative estimate of drug-likeness (QED) is 0.0854. The highest BCUT2D eigenvalue weighted by molar-refractivity contribution is 5.82. The van der Waals surface area contributed by atoms with Crippen molar-refractivity contribution in [1.82, 2.24) is 0 Å². The number of hydrogen-bond donors (Lipinski definition) is 0. The van der Waals surface area contributed by atoms with Gasteiger partial charge in [0.15, 0.2) is 0 Å². The van der Waals surface area contributed by atoms with Crippen LogP contribution in [0.5, 0.6) is 0 Å². The number of hydrogen-bond acceptors (Lipinski definition) is 0. The molecule has 0 heteroatoms.